The number of ether oxygens (including phenoxy) is 2. The van der Waals surface area contributed by atoms with Crippen LogP contribution < -0.4 is 4.74 Å². The summed E-state index contributed by atoms with van der Waals surface area (Å²) in [5, 5.41) is 2.10. The van der Waals surface area contributed by atoms with Gasteiger partial charge in [0.25, 0.3) is 0 Å². The molecule has 0 radical (unpaired) electrons. The van der Waals surface area contributed by atoms with Gasteiger partial charge in [-0.2, -0.15) is 0 Å². The highest BCUT2D eigenvalue weighted by atomic mass is 32.2. The van der Waals surface area contributed by atoms with Crippen LogP contribution in [0.4, 0.5) is 0 Å². The molecule has 2 heterocycles. The molecule has 0 unspecified atom stereocenters. The minimum absolute atomic E-state index is 0.263. The van der Waals surface area contributed by atoms with Gasteiger partial charge in [-0.25, -0.2) is 8.42 Å². The molecule has 7 heteroatoms. The zero-order valence-corrected chi connectivity index (χ0v) is 16.6. The maximum atomic E-state index is 11.6. The molecule has 0 aliphatic heterocycles. The second-order valence-electron chi connectivity index (χ2n) is 6.72. The number of hydrogen-bond acceptors (Lipinski definition) is 5. The number of pyridine rings is 1. The van der Waals surface area contributed by atoms with Crippen molar-refractivity contribution in [2.24, 2.45) is 0 Å². The van der Waals surface area contributed by atoms with Crippen LogP contribution in [0.15, 0.2) is 53.6 Å². The summed E-state index contributed by atoms with van der Waals surface area (Å²) in [4.78, 5) is 8.09. The quantitative estimate of drug-likeness (QED) is 0.542. The number of methoxy groups -OCH3 is 1. The van der Waals surface area contributed by atoms with E-state index in [0.29, 0.717) is 18.1 Å². The Hall–Kier alpha value is -2.90. The summed E-state index contributed by atoms with van der Waals surface area (Å²) in [6, 6.07) is 12.2. The van der Waals surface area contributed by atoms with Crippen molar-refractivity contribution in [2.45, 2.75) is 18.4 Å². The number of aryl methyl sites for hydroxylation is 1. The third-order valence-electron chi connectivity index (χ3n) is 4.70. The van der Waals surface area contributed by atoms with Crippen molar-refractivity contribution in [1.82, 2.24) is 9.97 Å². The highest BCUT2D eigenvalue weighted by molar-refractivity contribution is 7.90. The zero-order valence-electron chi connectivity index (χ0n) is 15.8. The van der Waals surface area contributed by atoms with Crippen LogP contribution in [-0.4, -0.2) is 31.8 Å². The fourth-order valence-electron chi connectivity index (χ4n) is 3.31. The topological polar surface area (TPSA) is 81.3 Å². The Morgan fingerprint density at radius 2 is 1.75 bits per heavy atom. The van der Waals surface area contributed by atoms with Gasteiger partial charge in [-0.05, 0) is 49.4 Å². The van der Waals surface area contributed by atoms with Gasteiger partial charge in [-0.1, -0.05) is 0 Å². The molecular formula is C21H20N2O4S. The maximum Gasteiger partial charge on any atom is 0.175 e. The molecule has 6 nitrogen and oxygen atoms in total. The highest BCUT2D eigenvalue weighted by Gasteiger charge is 2.13. The Bertz CT molecular complexity index is 1280. The molecule has 0 bridgehead atoms. The van der Waals surface area contributed by atoms with Crippen molar-refractivity contribution < 1.29 is 17.9 Å². The number of nitrogens with one attached hydrogen (secondary N) is 1. The molecule has 144 valence electrons. The lowest BCUT2D eigenvalue weighted by Gasteiger charge is -2.08. The number of H-pyrrole nitrogens is 1. The van der Waals surface area contributed by atoms with Gasteiger partial charge in [0.2, 0.25) is 0 Å². The molecule has 0 saturated heterocycles. The van der Waals surface area contributed by atoms with Crippen molar-refractivity contribution in [1.29, 1.82) is 0 Å². The number of aromatic nitrogens is 2. The van der Waals surface area contributed by atoms with E-state index in [1.54, 1.807) is 31.4 Å². The molecule has 0 saturated carbocycles. The lowest BCUT2D eigenvalue weighted by molar-refractivity contribution is 0.185. The van der Waals surface area contributed by atoms with E-state index in [1.165, 1.54) is 6.26 Å². The van der Waals surface area contributed by atoms with Gasteiger partial charge in [0.1, 0.15) is 11.5 Å². The first kappa shape index (κ1) is 18.5. The van der Waals surface area contributed by atoms with Gasteiger partial charge >= 0.3 is 0 Å². The Morgan fingerprint density at radius 3 is 2.43 bits per heavy atom. The van der Waals surface area contributed by atoms with Crippen molar-refractivity contribution in [3.63, 3.8) is 0 Å². The fraction of sp³-hybridized carbons (Fsp3) is 0.190. The van der Waals surface area contributed by atoms with Crippen LogP contribution in [0.1, 0.15) is 11.3 Å². The van der Waals surface area contributed by atoms with Crippen LogP contribution in [0.2, 0.25) is 0 Å². The minimum Gasteiger partial charge on any atom is -0.457 e. The first-order valence-electron chi connectivity index (χ1n) is 8.73. The summed E-state index contributed by atoms with van der Waals surface area (Å²) in [6.07, 6.45) is 3.01. The first-order valence-corrected chi connectivity index (χ1v) is 10.6. The van der Waals surface area contributed by atoms with Crippen LogP contribution in [0.3, 0.4) is 0 Å². The van der Waals surface area contributed by atoms with Gasteiger partial charge < -0.3 is 14.5 Å². The van der Waals surface area contributed by atoms with Crippen LogP contribution in [0.5, 0.6) is 11.5 Å². The second kappa shape index (κ2) is 6.92. The third-order valence-corrected chi connectivity index (χ3v) is 5.83. The van der Waals surface area contributed by atoms with E-state index >= 15 is 0 Å². The first-order chi connectivity index (χ1) is 13.4. The fourth-order valence-corrected chi connectivity index (χ4v) is 3.94. The van der Waals surface area contributed by atoms with E-state index in [9.17, 15) is 8.42 Å². The van der Waals surface area contributed by atoms with Gasteiger partial charge in [0, 0.05) is 40.9 Å². The van der Waals surface area contributed by atoms with Crippen LogP contribution in [-0.2, 0) is 21.2 Å². The summed E-state index contributed by atoms with van der Waals surface area (Å²) in [6.45, 7) is 2.44. The van der Waals surface area contributed by atoms with E-state index in [4.69, 9.17) is 9.47 Å². The molecular weight excluding hydrogens is 376 g/mol. The van der Waals surface area contributed by atoms with E-state index in [2.05, 4.69) is 9.97 Å². The van der Waals surface area contributed by atoms with Gasteiger partial charge in [0.15, 0.2) is 9.84 Å². The van der Waals surface area contributed by atoms with E-state index in [0.717, 1.165) is 33.1 Å². The number of aromatic amines is 1. The predicted molar refractivity (Wildman–Crippen MR) is 109 cm³/mol. The highest BCUT2D eigenvalue weighted by Crippen LogP contribution is 2.33. The van der Waals surface area contributed by atoms with Crippen LogP contribution in [0, 0.1) is 6.92 Å². The molecule has 0 atom stereocenters. The average Bonchev–Trinajstić information content (AvgIpc) is 3.02. The Balaban J connectivity index is 1.76. The molecule has 0 fully saturated rings. The maximum absolute atomic E-state index is 11.6. The summed E-state index contributed by atoms with van der Waals surface area (Å²) in [5.74, 6) is 1.24. The summed E-state index contributed by atoms with van der Waals surface area (Å²) in [5.41, 5.74) is 3.90. The Labute approximate surface area is 163 Å². The Morgan fingerprint density at radius 1 is 1.04 bits per heavy atom. The molecule has 4 aromatic rings. The lowest BCUT2D eigenvalue weighted by atomic mass is 10.1. The lowest BCUT2D eigenvalue weighted by Crippen LogP contribution is -1.96. The smallest absolute Gasteiger partial charge is 0.175 e. The third kappa shape index (κ3) is 3.34. The number of fused-ring (bicyclic) bond motifs is 3. The number of hydrogen-bond donors (Lipinski definition) is 1. The van der Waals surface area contributed by atoms with Gasteiger partial charge in [-0.15, -0.1) is 0 Å². The number of sulfone groups is 1. The van der Waals surface area contributed by atoms with Crippen molar-refractivity contribution in [3.05, 3.63) is 59.9 Å². The minimum atomic E-state index is -3.23. The van der Waals surface area contributed by atoms with Gasteiger partial charge in [0.05, 0.1) is 23.2 Å². The van der Waals surface area contributed by atoms with Crippen molar-refractivity contribution in [3.8, 4) is 11.5 Å². The number of nitrogens with zero attached hydrogens (tertiary/aromatic N) is 1. The molecule has 2 aromatic carbocycles. The van der Waals surface area contributed by atoms with Crippen LogP contribution >= 0.6 is 0 Å². The standard InChI is InChI=1S/C21H20N2O4S/c1-13-18(12-26-2)21-17-10-15(6-9-19(17)23-20(21)11-22-13)27-14-4-7-16(8-5-14)28(3,24)25/h4-11,23H,12H2,1-3H3. The van der Waals surface area contributed by atoms with E-state index in [1.807, 2.05) is 31.3 Å². The molecule has 0 aliphatic carbocycles. The van der Waals surface area contributed by atoms with E-state index < -0.39 is 9.84 Å². The van der Waals surface area contributed by atoms with Crippen LogP contribution in [0.25, 0.3) is 21.8 Å². The SMILES string of the molecule is COCc1c(C)ncc2[nH]c3ccc(Oc4ccc(S(C)(=O)=O)cc4)cc3c12. The molecule has 28 heavy (non-hydrogen) atoms. The summed E-state index contributed by atoms with van der Waals surface area (Å²) >= 11 is 0. The monoisotopic (exact) mass is 396 g/mol. The molecule has 0 spiro atoms. The van der Waals surface area contributed by atoms with Crippen molar-refractivity contribution in [2.75, 3.05) is 13.4 Å². The average molecular weight is 396 g/mol. The largest absolute Gasteiger partial charge is 0.457 e. The molecule has 2 aromatic heterocycles. The second-order valence-corrected chi connectivity index (χ2v) is 8.74. The summed E-state index contributed by atoms with van der Waals surface area (Å²) < 4.78 is 34.5. The molecule has 1 N–H and O–H groups in total. The molecule has 0 amide bonds. The zero-order chi connectivity index (χ0) is 19.9. The number of rotatable bonds is 5. The normalized spacial score (nSPS) is 12.0. The number of benzene rings is 2. The van der Waals surface area contributed by atoms with Gasteiger partial charge in [-0.3, -0.25) is 4.98 Å². The molecule has 0 aliphatic rings. The predicted octanol–water partition coefficient (Wildman–Crippen LogP) is 4.37. The molecule has 4 rings (SSSR count). The Kier molecular flexibility index (Phi) is 4.56. The van der Waals surface area contributed by atoms with E-state index in [-0.39, 0.29) is 4.90 Å². The van der Waals surface area contributed by atoms with Crippen molar-refractivity contribution >= 4 is 31.6 Å². The summed E-state index contributed by atoms with van der Waals surface area (Å²) in [7, 11) is -1.56.